The Morgan fingerprint density at radius 3 is 2.17 bits per heavy atom. The van der Waals surface area contributed by atoms with E-state index in [1.165, 1.54) is 0 Å². The van der Waals surface area contributed by atoms with Crippen molar-refractivity contribution in [2.24, 2.45) is 0 Å². The van der Waals surface area contributed by atoms with E-state index in [-0.39, 0.29) is 12.5 Å². The van der Waals surface area contributed by atoms with Crippen LogP contribution in [0.2, 0.25) is 0 Å². The van der Waals surface area contributed by atoms with Crippen LogP contribution >= 0.6 is 0 Å². The molecule has 3 N–H and O–H groups in total. The van der Waals surface area contributed by atoms with Crippen molar-refractivity contribution in [2.75, 3.05) is 26.2 Å². The molecule has 0 radical (unpaired) electrons. The van der Waals surface area contributed by atoms with Gasteiger partial charge in [-0.25, -0.2) is 18.4 Å². The highest BCUT2D eigenvalue weighted by molar-refractivity contribution is 5.90. The Kier molecular flexibility index (Phi) is 6.68. The Morgan fingerprint density at radius 1 is 0.971 bits per heavy atom. The minimum absolute atomic E-state index is 0.0553. The van der Waals surface area contributed by atoms with E-state index in [1.807, 2.05) is 48.5 Å². The number of alkyl halides is 2. The third-order valence-electron chi connectivity index (χ3n) is 6.05. The first-order valence-electron chi connectivity index (χ1n) is 10.9. The first-order chi connectivity index (χ1) is 16.7. The molecule has 1 heterocycles. The number of likely N-dealkylation sites (tertiary alicyclic amines) is 1. The predicted octanol–water partition coefficient (Wildman–Crippen LogP) is 1.96. The molecular formula is C24H23F2N3O6. The number of ether oxygens (including phenoxy) is 1. The fourth-order valence-electron chi connectivity index (χ4n) is 4.44. The first kappa shape index (κ1) is 24.1. The lowest BCUT2D eigenvalue weighted by Crippen LogP contribution is -2.47. The van der Waals surface area contributed by atoms with E-state index in [9.17, 15) is 28.0 Å². The molecule has 1 fully saturated rings. The van der Waals surface area contributed by atoms with E-state index in [4.69, 9.17) is 9.84 Å². The second kappa shape index (κ2) is 9.69. The van der Waals surface area contributed by atoms with Gasteiger partial charge in [0.2, 0.25) is 11.8 Å². The zero-order valence-corrected chi connectivity index (χ0v) is 18.5. The molecule has 2 aromatic carbocycles. The minimum atomic E-state index is -3.31. The lowest BCUT2D eigenvalue weighted by Gasteiger charge is -2.21. The van der Waals surface area contributed by atoms with E-state index in [0.717, 1.165) is 22.3 Å². The number of carboxylic acids is 1. The number of nitrogens with zero attached hydrogens (tertiary/aromatic N) is 1. The molecule has 1 atom stereocenters. The second-order valence-electron chi connectivity index (χ2n) is 8.39. The maximum Gasteiger partial charge on any atom is 0.407 e. The SMILES string of the molecule is O=C(CNC(=O)OCC1c2ccccc2-c2ccccc21)NCC(=O)N1CC(F)(F)C[C@@H]1C(=O)O. The van der Waals surface area contributed by atoms with Crippen LogP contribution in [0.4, 0.5) is 13.6 Å². The number of amides is 3. The maximum atomic E-state index is 13.5. The van der Waals surface area contributed by atoms with Crippen LogP contribution in [0, 0.1) is 0 Å². The van der Waals surface area contributed by atoms with Crippen molar-refractivity contribution >= 4 is 23.9 Å². The number of fused-ring (bicyclic) bond motifs is 3. The molecule has 2 aromatic rings. The van der Waals surface area contributed by atoms with Crippen LogP contribution in [-0.2, 0) is 19.1 Å². The number of alkyl carbamates (subject to hydrolysis) is 1. The highest BCUT2D eigenvalue weighted by Gasteiger charge is 2.50. The Bertz CT molecular complexity index is 1130. The molecule has 0 aromatic heterocycles. The summed E-state index contributed by atoms with van der Waals surface area (Å²) in [6, 6.07) is 14.0. The molecule has 1 saturated heterocycles. The monoisotopic (exact) mass is 487 g/mol. The van der Waals surface area contributed by atoms with Crippen molar-refractivity contribution in [3.05, 3.63) is 59.7 Å². The number of hydrogen-bond acceptors (Lipinski definition) is 5. The number of hydrogen-bond donors (Lipinski definition) is 3. The number of benzene rings is 2. The Balaban J connectivity index is 1.24. The van der Waals surface area contributed by atoms with Crippen LogP contribution in [-0.4, -0.2) is 72.1 Å². The molecule has 2 aliphatic rings. The Labute approximate surface area is 199 Å². The van der Waals surface area contributed by atoms with Crippen LogP contribution in [0.15, 0.2) is 48.5 Å². The summed E-state index contributed by atoms with van der Waals surface area (Å²) in [6.07, 6.45) is -1.82. The van der Waals surface area contributed by atoms with E-state index >= 15 is 0 Å². The number of halogens is 2. The molecular weight excluding hydrogens is 464 g/mol. The van der Waals surface area contributed by atoms with Crippen LogP contribution in [0.25, 0.3) is 11.1 Å². The van der Waals surface area contributed by atoms with Crippen molar-refractivity contribution in [3.8, 4) is 11.1 Å². The normalized spacial score (nSPS) is 17.9. The van der Waals surface area contributed by atoms with Crippen molar-refractivity contribution in [3.63, 3.8) is 0 Å². The molecule has 0 bridgehead atoms. The van der Waals surface area contributed by atoms with Crippen LogP contribution in [0.3, 0.4) is 0 Å². The van der Waals surface area contributed by atoms with Gasteiger partial charge in [0.05, 0.1) is 13.1 Å². The topological polar surface area (TPSA) is 125 Å². The van der Waals surface area contributed by atoms with Gasteiger partial charge in [0.15, 0.2) is 0 Å². The molecule has 1 aliphatic heterocycles. The van der Waals surface area contributed by atoms with Gasteiger partial charge in [0.25, 0.3) is 5.92 Å². The van der Waals surface area contributed by atoms with Crippen LogP contribution < -0.4 is 10.6 Å². The third-order valence-corrected chi connectivity index (χ3v) is 6.05. The molecule has 184 valence electrons. The summed E-state index contributed by atoms with van der Waals surface area (Å²) in [5.41, 5.74) is 4.21. The van der Waals surface area contributed by atoms with Crippen LogP contribution in [0.1, 0.15) is 23.5 Å². The highest BCUT2D eigenvalue weighted by atomic mass is 19.3. The predicted molar refractivity (Wildman–Crippen MR) is 119 cm³/mol. The molecule has 3 amide bonds. The van der Waals surface area contributed by atoms with Crippen molar-refractivity contribution in [1.82, 2.24) is 15.5 Å². The van der Waals surface area contributed by atoms with Gasteiger partial charge in [0.1, 0.15) is 19.2 Å². The Hall–Kier alpha value is -4.02. The smallest absolute Gasteiger partial charge is 0.407 e. The second-order valence-corrected chi connectivity index (χ2v) is 8.39. The van der Waals surface area contributed by atoms with Gasteiger partial charge in [0, 0.05) is 12.3 Å². The standard InChI is InChI=1S/C24H23F2N3O6/c25-24(26)9-19(22(32)33)29(13-24)21(31)11-27-20(30)10-28-23(34)35-12-18-16-7-3-1-5-14(16)15-6-2-4-8-17(15)18/h1-8,18-19H,9-13H2,(H,27,30)(H,28,34)(H,32,33)/t19-/m1/s1. The summed E-state index contributed by atoms with van der Waals surface area (Å²) in [6.45, 7) is -2.16. The van der Waals surface area contributed by atoms with Gasteiger partial charge < -0.3 is 25.4 Å². The summed E-state index contributed by atoms with van der Waals surface area (Å²) < 4.78 is 32.3. The fourth-order valence-corrected chi connectivity index (χ4v) is 4.44. The van der Waals surface area contributed by atoms with Crippen LogP contribution in [0.5, 0.6) is 0 Å². The van der Waals surface area contributed by atoms with E-state index in [2.05, 4.69) is 10.6 Å². The molecule has 0 spiro atoms. The molecule has 11 heteroatoms. The maximum absolute atomic E-state index is 13.5. The molecule has 1 aliphatic carbocycles. The Morgan fingerprint density at radius 2 is 1.57 bits per heavy atom. The van der Waals surface area contributed by atoms with Crippen molar-refractivity contribution in [1.29, 1.82) is 0 Å². The van der Waals surface area contributed by atoms with Gasteiger partial charge in [-0.05, 0) is 22.3 Å². The average Bonchev–Trinajstić information content (AvgIpc) is 3.34. The quantitative estimate of drug-likeness (QED) is 0.549. The lowest BCUT2D eigenvalue weighted by atomic mass is 9.98. The summed E-state index contributed by atoms with van der Waals surface area (Å²) in [5, 5.41) is 13.5. The number of nitrogens with one attached hydrogen (secondary N) is 2. The van der Waals surface area contributed by atoms with Gasteiger partial charge in [-0.1, -0.05) is 48.5 Å². The lowest BCUT2D eigenvalue weighted by molar-refractivity contribution is -0.148. The summed E-state index contributed by atoms with van der Waals surface area (Å²) in [5.74, 6) is -6.72. The number of aliphatic carboxylic acids is 1. The number of carbonyl (C=O) groups is 4. The third kappa shape index (κ3) is 5.23. The van der Waals surface area contributed by atoms with E-state index < -0.39 is 61.9 Å². The zero-order valence-electron chi connectivity index (χ0n) is 18.5. The molecule has 4 rings (SSSR count). The van der Waals surface area contributed by atoms with E-state index in [1.54, 1.807) is 0 Å². The first-order valence-corrected chi connectivity index (χ1v) is 10.9. The number of carboxylic acid groups (broad SMARTS) is 1. The molecule has 0 saturated carbocycles. The number of rotatable bonds is 7. The summed E-state index contributed by atoms with van der Waals surface area (Å²) in [7, 11) is 0. The van der Waals surface area contributed by atoms with Crippen molar-refractivity contribution < 1.29 is 37.8 Å². The average molecular weight is 487 g/mol. The van der Waals surface area contributed by atoms with Gasteiger partial charge >= 0.3 is 12.1 Å². The minimum Gasteiger partial charge on any atom is -0.480 e. The van der Waals surface area contributed by atoms with Gasteiger partial charge in [-0.2, -0.15) is 0 Å². The van der Waals surface area contributed by atoms with Gasteiger partial charge in [-0.3, -0.25) is 9.59 Å². The molecule has 9 nitrogen and oxygen atoms in total. The van der Waals surface area contributed by atoms with Crippen molar-refractivity contribution in [2.45, 2.75) is 24.3 Å². The fraction of sp³-hybridized carbons (Fsp3) is 0.333. The summed E-state index contributed by atoms with van der Waals surface area (Å²) in [4.78, 5) is 47.9. The zero-order chi connectivity index (χ0) is 25.2. The highest BCUT2D eigenvalue weighted by Crippen LogP contribution is 2.44. The number of carbonyl (C=O) groups excluding carboxylic acids is 3. The van der Waals surface area contributed by atoms with Gasteiger partial charge in [-0.15, -0.1) is 0 Å². The summed E-state index contributed by atoms with van der Waals surface area (Å²) >= 11 is 0. The molecule has 0 unspecified atom stereocenters. The molecule has 35 heavy (non-hydrogen) atoms. The largest absolute Gasteiger partial charge is 0.480 e. The van der Waals surface area contributed by atoms with E-state index in [0.29, 0.717) is 4.90 Å².